The predicted molar refractivity (Wildman–Crippen MR) is 46.1 cm³/mol. The molecule has 0 spiro atoms. The molecule has 0 atom stereocenters. The van der Waals surface area contributed by atoms with E-state index >= 15 is 0 Å². The third kappa shape index (κ3) is 7.33. The van der Waals surface area contributed by atoms with E-state index in [9.17, 15) is 4.79 Å². The summed E-state index contributed by atoms with van der Waals surface area (Å²) in [7, 11) is 0. The van der Waals surface area contributed by atoms with Gasteiger partial charge in [0, 0.05) is 19.5 Å². The quantitative estimate of drug-likeness (QED) is 0.612. The summed E-state index contributed by atoms with van der Waals surface area (Å²) in [6, 6.07) is 0. The van der Waals surface area contributed by atoms with E-state index in [1.54, 1.807) is 0 Å². The normalized spacial score (nSPS) is 10.2. The first-order valence-electron chi connectivity index (χ1n) is 4.13. The van der Waals surface area contributed by atoms with Crippen molar-refractivity contribution in [1.82, 2.24) is 5.32 Å². The zero-order chi connectivity index (χ0) is 8.69. The number of nitrogens with two attached hydrogens (primary N) is 1. The van der Waals surface area contributed by atoms with Crippen molar-refractivity contribution in [2.45, 2.75) is 26.7 Å². The minimum Gasteiger partial charge on any atom is -0.355 e. The van der Waals surface area contributed by atoms with E-state index in [0.29, 0.717) is 25.4 Å². The SMILES string of the molecule is CC(C)CCC(=O)NCCN. The van der Waals surface area contributed by atoms with Crippen LogP contribution in [0.25, 0.3) is 0 Å². The van der Waals surface area contributed by atoms with Gasteiger partial charge in [-0.15, -0.1) is 0 Å². The number of carbonyl (C=O) groups is 1. The minimum atomic E-state index is 0.115. The van der Waals surface area contributed by atoms with Gasteiger partial charge in [-0.3, -0.25) is 4.79 Å². The number of carbonyl (C=O) groups excluding carboxylic acids is 1. The zero-order valence-corrected chi connectivity index (χ0v) is 7.39. The molecule has 0 radical (unpaired) electrons. The van der Waals surface area contributed by atoms with Gasteiger partial charge < -0.3 is 11.1 Å². The molecular formula is C8H18N2O. The molecule has 11 heavy (non-hydrogen) atoms. The van der Waals surface area contributed by atoms with Gasteiger partial charge in [-0.2, -0.15) is 0 Å². The van der Waals surface area contributed by atoms with Gasteiger partial charge >= 0.3 is 0 Å². The lowest BCUT2D eigenvalue weighted by Gasteiger charge is -2.04. The van der Waals surface area contributed by atoms with Crippen LogP contribution in [0.15, 0.2) is 0 Å². The number of nitrogens with one attached hydrogen (secondary N) is 1. The number of amides is 1. The molecule has 0 saturated carbocycles. The first kappa shape index (κ1) is 10.4. The van der Waals surface area contributed by atoms with Crippen LogP contribution in [0, 0.1) is 5.92 Å². The molecule has 0 rings (SSSR count). The van der Waals surface area contributed by atoms with Crippen molar-refractivity contribution in [2.75, 3.05) is 13.1 Å². The largest absolute Gasteiger partial charge is 0.355 e. The maximum absolute atomic E-state index is 10.9. The first-order valence-corrected chi connectivity index (χ1v) is 4.13. The lowest BCUT2D eigenvalue weighted by atomic mass is 10.1. The van der Waals surface area contributed by atoms with Crippen LogP contribution in [-0.2, 0) is 4.79 Å². The van der Waals surface area contributed by atoms with Gasteiger partial charge in [-0.25, -0.2) is 0 Å². The van der Waals surface area contributed by atoms with E-state index in [4.69, 9.17) is 5.73 Å². The summed E-state index contributed by atoms with van der Waals surface area (Å²) in [5, 5.41) is 2.72. The lowest BCUT2D eigenvalue weighted by Crippen LogP contribution is -2.28. The molecule has 66 valence electrons. The third-order valence-corrected chi connectivity index (χ3v) is 1.42. The Kier molecular flexibility index (Phi) is 5.84. The summed E-state index contributed by atoms with van der Waals surface area (Å²) in [4.78, 5) is 10.9. The second kappa shape index (κ2) is 6.16. The van der Waals surface area contributed by atoms with Crippen molar-refractivity contribution in [2.24, 2.45) is 11.7 Å². The van der Waals surface area contributed by atoms with Crippen molar-refractivity contribution in [3.05, 3.63) is 0 Å². The Balaban J connectivity index is 3.23. The number of hydrogen-bond donors (Lipinski definition) is 2. The molecule has 0 saturated heterocycles. The Morgan fingerprint density at radius 3 is 2.64 bits per heavy atom. The summed E-state index contributed by atoms with van der Waals surface area (Å²) < 4.78 is 0. The van der Waals surface area contributed by atoms with Crippen LogP contribution >= 0.6 is 0 Å². The van der Waals surface area contributed by atoms with Crippen LogP contribution in [0.1, 0.15) is 26.7 Å². The topological polar surface area (TPSA) is 55.1 Å². The summed E-state index contributed by atoms with van der Waals surface area (Å²) >= 11 is 0. The maximum Gasteiger partial charge on any atom is 0.220 e. The highest BCUT2D eigenvalue weighted by atomic mass is 16.1. The fourth-order valence-corrected chi connectivity index (χ4v) is 0.720. The van der Waals surface area contributed by atoms with Crippen LogP contribution < -0.4 is 11.1 Å². The molecule has 3 heteroatoms. The van der Waals surface area contributed by atoms with Crippen LogP contribution in [0.4, 0.5) is 0 Å². The van der Waals surface area contributed by atoms with Crippen LogP contribution in [0.3, 0.4) is 0 Å². The highest BCUT2D eigenvalue weighted by molar-refractivity contribution is 5.75. The molecule has 3 N–H and O–H groups in total. The summed E-state index contributed by atoms with van der Waals surface area (Å²) in [5.74, 6) is 0.711. The molecule has 1 amide bonds. The van der Waals surface area contributed by atoms with Gasteiger partial charge in [-0.1, -0.05) is 13.8 Å². The average molecular weight is 158 g/mol. The smallest absolute Gasteiger partial charge is 0.220 e. The molecule has 0 aromatic rings. The molecule has 0 aliphatic carbocycles. The fraction of sp³-hybridized carbons (Fsp3) is 0.875. The Morgan fingerprint density at radius 1 is 1.55 bits per heavy atom. The zero-order valence-electron chi connectivity index (χ0n) is 7.39. The minimum absolute atomic E-state index is 0.115. The van der Waals surface area contributed by atoms with E-state index in [1.165, 1.54) is 0 Å². The van der Waals surface area contributed by atoms with Crippen LogP contribution in [0.5, 0.6) is 0 Å². The van der Waals surface area contributed by atoms with Crippen molar-refractivity contribution < 1.29 is 4.79 Å². The van der Waals surface area contributed by atoms with Gasteiger partial charge in [0.05, 0.1) is 0 Å². The van der Waals surface area contributed by atoms with Crippen molar-refractivity contribution in [3.63, 3.8) is 0 Å². The van der Waals surface area contributed by atoms with Crippen LogP contribution in [0.2, 0.25) is 0 Å². The second-order valence-corrected chi connectivity index (χ2v) is 3.07. The molecule has 0 bridgehead atoms. The first-order chi connectivity index (χ1) is 5.16. The monoisotopic (exact) mass is 158 g/mol. The average Bonchev–Trinajstić information content (AvgIpc) is 1.97. The molecule has 0 aliphatic heterocycles. The molecule has 0 heterocycles. The standard InChI is InChI=1S/C8H18N2O/c1-7(2)3-4-8(11)10-6-5-9/h7H,3-6,9H2,1-2H3,(H,10,11). The van der Waals surface area contributed by atoms with E-state index in [-0.39, 0.29) is 5.91 Å². The maximum atomic E-state index is 10.9. The highest BCUT2D eigenvalue weighted by Gasteiger charge is 2.00. The van der Waals surface area contributed by atoms with Gasteiger partial charge in [0.15, 0.2) is 0 Å². The summed E-state index contributed by atoms with van der Waals surface area (Å²) in [6.45, 7) is 5.33. The molecule has 0 unspecified atom stereocenters. The van der Waals surface area contributed by atoms with Crippen molar-refractivity contribution >= 4 is 5.91 Å². The molecule has 0 aromatic heterocycles. The Labute approximate surface area is 68.3 Å². The molecule has 0 aromatic carbocycles. The summed E-state index contributed by atoms with van der Waals surface area (Å²) in [6.07, 6.45) is 1.58. The van der Waals surface area contributed by atoms with Gasteiger partial charge in [0.1, 0.15) is 0 Å². The third-order valence-electron chi connectivity index (χ3n) is 1.42. The van der Waals surface area contributed by atoms with Gasteiger partial charge in [0.2, 0.25) is 5.91 Å². The molecule has 0 aliphatic rings. The Bertz CT molecular complexity index is 113. The van der Waals surface area contributed by atoms with Crippen LogP contribution in [-0.4, -0.2) is 19.0 Å². The van der Waals surface area contributed by atoms with E-state index in [0.717, 1.165) is 6.42 Å². The molecule has 0 fully saturated rings. The lowest BCUT2D eigenvalue weighted by molar-refractivity contribution is -0.121. The fourth-order valence-electron chi connectivity index (χ4n) is 0.720. The second-order valence-electron chi connectivity index (χ2n) is 3.07. The summed E-state index contributed by atoms with van der Waals surface area (Å²) in [5.41, 5.74) is 5.22. The highest BCUT2D eigenvalue weighted by Crippen LogP contribution is 2.02. The number of rotatable bonds is 5. The Hall–Kier alpha value is -0.570. The Morgan fingerprint density at radius 2 is 2.18 bits per heavy atom. The van der Waals surface area contributed by atoms with Gasteiger partial charge in [0.25, 0.3) is 0 Å². The van der Waals surface area contributed by atoms with Crippen molar-refractivity contribution in [3.8, 4) is 0 Å². The van der Waals surface area contributed by atoms with E-state index in [1.807, 2.05) is 0 Å². The van der Waals surface area contributed by atoms with E-state index < -0.39 is 0 Å². The number of hydrogen-bond acceptors (Lipinski definition) is 2. The molecular weight excluding hydrogens is 140 g/mol. The molecule has 3 nitrogen and oxygen atoms in total. The van der Waals surface area contributed by atoms with Crippen molar-refractivity contribution in [1.29, 1.82) is 0 Å². The predicted octanol–water partition coefficient (Wildman–Crippen LogP) is 0.497. The van der Waals surface area contributed by atoms with E-state index in [2.05, 4.69) is 19.2 Å². The van der Waals surface area contributed by atoms with Gasteiger partial charge in [-0.05, 0) is 12.3 Å².